The van der Waals surface area contributed by atoms with E-state index in [4.69, 9.17) is 0 Å². The van der Waals surface area contributed by atoms with Crippen molar-refractivity contribution >= 4 is 15.9 Å². The van der Waals surface area contributed by atoms with E-state index < -0.39 is 0 Å². The first kappa shape index (κ1) is 14.0. The topological polar surface area (TPSA) is 34.9 Å². The first-order chi connectivity index (χ1) is 9.02. The van der Waals surface area contributed by atoms with Crippen molar-refractivity contribution in [1.29, 1.82) is 0 Å². The molecule has 2 rings (SSSR count). The zero-order valence-corrected chi connectivity index (χ0v) is 13.0. The molecule has 0 atom stereocenters. The SMILES string of the molecule is CCc1ccc(Cn2c(C)c(Br)c(C)nc2=O)cc1. The minimum atomic E-state index is -0.197. The molecular formula is C15H17BrN2O. The first-order valence-corrected chi connectivity index (χ1v) is 7.13. The van der Waals surface area contributed by atoms with E-state index in [0.717, 1.165) is 27.8 Å². The van der Waals surface area contributed by atoms with Crippen LogP contribution in [-0.4, -0.2) is 9.55 Å². The first-order valence-electron chi connectivity index (χ1n) is 6.34. The second-order valence-corrected chi connectivity index (χ2v) is 5.43. The third-order valence-electron chi connectivity index (χ3n) is 3.31. The highest BCUT2D eigenvalue weighted by molar-refractivity contribution is 9.10. The summed E-state index contributed by atoms with van der Waals surface area (Å²) in [5.74, 6) is 0. The summed E-state index contributed by atoms with van der Waals surface area (Å²) in [5, 5.41) is 0. The molecular weight excluding hydrogens is 304 g/mol. The van der Waals surface area contributed by atoms with E-state index in [1.165, 1.54) is 5.56 Å². The molecule has 0 aliphatic carbocycles. The van der Waals surface area contributed by atoms with Crippen LogP contribution in [0.15, 0.2) is 33.5 Å². The fourth-order valence-corrected chi connectivity index (χ4v) is 2.33. The molecule has 0 spiro atoms. The average molecular weight is 321 g/mol. The second-order valence-electron chi connectivity index (χ2n) is 4.64. The molecule has 1 aromatic heterocycles. The van der Waals surface area contributed by atoms with E-state index in [0.29, 0.717) is 6.54 Å². The number of hydrogen-bond acceptors (Lipinski definition) is 2. The standard InChI is InChI=1S/C15H17BrN2O/c1-4-12-5-7-13(8-6-12)9-18-11(3)14(16)10(2)17-15(18)19/h5-8H,4,9H2,1-3H3. The monoisotopic (exact) mass is 320 g/mol. The Balaban J connectivity index is 2.38. The maximum Gasteiger partial charge on any atom is 0.348 e. The van der Waals surface area contributed by atoms with Gasteiger partial charge in [0.1, 0.15) is 0 Å². The normalized spacial score (nSPS) is 10.7. The van der Waals surface area contributed by atoms with Crippen molar-refractivity contribution in [3.8, 4) is 0 Å². The van der Waals surface area contributed by atoms with Crippen LogP contribution in [0.2, 0.25) is 0 Å². The van der Waals surface area contributed by atoms with Gasteiger partial charge in [-0.25, -0.2) is 4.79 Å². The molecule has 1 aromatic carbocycles. The van der Waals surface area contributed by atoms with Gasteiger partial charge in [-0.1, -0.05) is 31.2 Å². The molecule has 2 aromatic rings. The highest BCUT2D eigenvalue weighted by atomic mass is 79.9. The quantitative estimate of drug-likeness (QED) is 0.870. The van der Waals surface area contributed by atoms with Crippen LogP contribution in [-0.2, 0) is 13.0 Å². The average Bonchev–Trinajstić information content (AvgIpc) is 2.42. The van der Waals surface area contributed by atoms with Gasteiger partial charge in [0, 0.05) is 5.69 Å². The van der Waals surface area contributed by atoms with Gasteiger partial charge in [0.25, 0.3) is 0 Å². The fourth-order valence-electron chi connectivity index (χ4n) is 2.03. The summed E-state index contributed by atoms with van der Waals surface area (Å²) in [6.07, 6.45) is 1.02. The maximum atomic E-state index is 12.0. The lowest BCUT2D eigenvalue weighted by Crippen LogP contribution is -2.26. The highest BCUT2D eigenvalue weighted by Crippen LogP contribution is 2.17. The van der Waals surface area contributed by atoms with Gasteiger partial charge < -0.3 is 0 Å². The Morgan fingerprint density at radius 3 is 2.32 bits per heavy atom. The van der Waals surface area contributed by atoms with E-state index in [1.807, 2.05) is 13.8 Å². The Morgan fingerprint density at radius 2 is 1.74 bits per heavy atom. The third-order valence-corrected chi connectivity index (χ3v) is 4.45. The number of benzene rings is 1. The molecule has 1 heterocycles. The van der Waals surface area contributed by atoms with Crippen molar-refractivity contribution in [1.82, 2.24) is 9.55 Å². The van der Waals surface area contributed by atoms with E-state index in [1.54, 1.807) is 4.57 Å². The van der Waals surface area contributed by atoms with Crippen LogP contribution in [0.1, 0.15) is 29.4 Å². The third kappa shape index (κ3) is 2.95. The molecule has 0 aliphatic heterocycles. The van der Waals surface area contributed by atoms with Crippen LogP contribution in [0.25, 0.3) is 0 Å². The lowest BCUT2D eigenvalue weighted by atomic mass is 10.1. The van der Waals surface area contributed by atoms with Gasteiger partial charge in [0.2, 0.25) is 0 Å². The largest absolute Gasteiger partial charge is 0.348 e. The van der Waals surface area contributed by atoms with E-state index in [2.05, 4.69) is 52.1 Å². The molecule has 0 aliphatic rings. The van der Waals surface area contributed by atoms with E-state index in [9.17, 15) is 4.79 Å². The number of halogens is 1. The summed E-state index contributed by atoms with van der Waals surface area (Å²) in [7, 11) is 0. The highest BCUT2D eigenvalue weighted by Gasteiger charge is 2.09. The summed E-state index contributed by atoms with van der Waals surface area (Å²) in [6, 6.07) is 8.34. The molecule has 0 unspecified atom stereocenters. The van der Waals surface area contributed by atoms with Crippen LogP contribution >= 0.6 is 15.9 Å². The van der Waals surface area contributed by atoms with Gasteiger partial charge in [0.05, 0.1) is 16.7 Å². The Bertz CT molecular complexity index is 644. The zero-order valence-electron chi connectivity index (χ0n) is 11.4. The predicted octanol–water partition coefficient (Wildman–Crippen LogP) is 3.23. The molecule has 0 saturated heterocycles. The van der Waals surface area contributed by atoms with Crippen molar-refractivity contribution in [2.45, 2.75) is 33.7 Å². The van der Waals surface area contributed by atoms with Gasteiger partial charge >= 0.3 is 5.69 Å². The molecule has 0 bridgehead atoms. The minimum Gasteiger partial charge on any atom is -0.291 e. The second kappa shape index (κ2) is 5.70. The molecule has 4 heteroatoms. The van der Waals surface area contributed by atoms with Gasteiger partial charge in [0.15, 0.2) is 0 Å². The summed E-state index contributed by atoms with van der Waals surface area (Å²) >= 11 is 3.48. The predicted molar refractivity (Wildman–Crippen MR) is 80.6 cm³/mol. The number of hydrogen-bond donors (Lipinski definition) is 0. The summed E-state index contributed by atoms with van der Waals surface area (Å²) in [4.78, 5) is 16.0. The minimum absolute atomic E-state index is 0.197. The summed E-state index contributed by atoms with van der Waals surface area (Å²) in [5.41, 5.74) is 3.87. The van der Waals surface area contributed by atoms with Crippen molar-refractivity contribution in [2.24, 2.45) is 0 Å². The van der Waals surface area contributed by atoms with Gasteiger partial charge in [-0.05, 0) is 47.3 Å². The molecule has 3 nitrogen and oxygen atoms in total. The van der Waals surface area contributed by atoms with Gasteiger partial charge in [-0.3, -0.25) is 4.57 Å². The Labute approximate surface area is 121 Å². The van der Waals surface area contributed by atoms with Crippen LogP contribution < -0.4 is 5.69 Å². The smallest absolute Gasteiger partial charge is 0.291 e. The lowest BCUT2D eigenvalue weighted by Gasteiger charge is -2.12. The van der Waals surface area contributed by atoms with E-state index in [-0.39, 0.29) is 5.69 Å². The van der Waals surface area contributed by atoms with Crippen molar-refractivity contribution in [3.05, 3.63) is 61.7 Å². The molecule has 19 heavy (non-hydrogen) atoms. The summed E-state index contributed by atoms with van der Waals surface area (Å²) in [6.45, 7) is 6.45. The van der Waals surface area contributed by atoms with Crippen molar-refractivity contribution in [2.75, 3.05) is 0 Å². The molecule has 0 saturated carbocycles. The lowest BCUT2D eigenvalue weighted by molar-refractivity contribution is 0.688. The number of rotatable bonds is 3. The van der Waals surface area contributed by atoms with Crippen LogP contribution in [0.5, 0.6) is 0 Å². The van der Waals surface area contributed by atoms with Gasteiger partial charge in [-0.15, -0.1) is 0 Å². The molecule has 0 N–H and O–H groups in total. The molecule has 100 valence electrons. The Hall–Kier alpha value is -1.42. The number of nitrogens with zero attached hydrogens (tertiary/aromatic N) is 2. The van der Waals surface area contributed by atoms with E-state index >= 15 is 0 Å². The Morgan fingerprint density at radius 1 is 1.16 bits per heavy atom. The van der Waals surface area contributed by atoms with Crippen LogP contribution in [0.3, 0.4) is 0 Å². The number of aryl methyl sites for hydroxylation is 2. The number of aromatic nitrogens is 2. The molecule has 0 radical (unpaired) electrons. The molecule has 0 amide bonds. The zero-order chi connectivity index (χ0) is 14.0. The van der Waals surface area contributed by atoms with Gasteiger partial charge in [-0.2, -0.15) is 4.98 Å². The van der Waals surface area contributed by atoms with Crippen molar-refractivity contribution < 1.29 is 0 Å². The fraction of sp³-hybridized carbons (Fsp3) is 0.333. The summed E-state index contributed by atoms with van der Waals surface area (Å²) < 4.78 is 2.59. The molecule has 0 fully saturated rings. The van der Waals surface area contributed by atoms with Crippen LogP contribution in [0, 0.1) is 13.8 Å². The maximum absolute atomic E-state index is 12.0. The van der Waals surface area contributed by atoms with Crippen LogP contribution in [0.4, 0.5) is 0 Å². The van der Waals surface area contributed by atoms with Crippen molar-refractivity contribution in [3.63, 3.8) is 0 Å². The Kier molecular flexibility index (Phi) is 4.20.